The van der Waals surface area contributed by atoms with Crippen molar-refractivity contribution >= 4 is 39.8 Å². The van der Waals surface area contributed by atoms with E-state index in [4.69, 9.17) is 0 Å². The van der Waals surface area contributed by atoms with Gasteiger partial charge < -0.3 is 10.2 Å². The van der Waals surface area contributed by atoms with Crippen molar-refractivity contribution < 1.29 is 8.42 Å². The second-order valence-electron chi connectivity index (χ2n) is 6.24. The maximum absolute atomic E-state index is 11.5. The summed E-state index contributed by atoms with van der Waals surface area (Å²) in [7, 11) is -1.19. The summed E-state index contributed by atoms with van der Waals surface area (Å²) in [6, 6.07) is 0. The molecule has 0 aromatic carbocycles. The standard InChI is InChI=1S/C13H27N3O2S.HI/c1-7-19(17,18)9-8-15-11(14-6)16-10-12(2,3)13(16,4)5;/h7-10H2,1-6H3,(H,14,15);1H. The highest BCUT2D eigenvalue weighted by Gasteiger charge is 2.53. The van der Waals surface area contributed by atoms with Crippen molar-refractivity contribution in [3.63, 3.8) is 0 Å². The first-order valence-electron chi connectivity index (χ1n) is 6.76. The third kappa shape index (κ3) is 3.99. The summed E-state index contributed by atoms with van der Waals surface area (Å²) in [5, 5.41) is 3.15. The predicted octanol–water partition coefficient (Wildman–Crippen LogP) is 1.73. The summed E-state index contributed by atoms with van der Waals surface area (Å²) in [5.74, 6) is 1.13. The zero-order chi connectivity index (χ0) is 14.9. The van der Waals surface area contributed by atoms with Gasteiger partial charge in [-0.05, 0) is 13.8 Å². The van der Waals surface area contributed by atoms with Gasteiger partial charge in [-0.1, -0.05) is 20.8 Å². The maximum atomic E-state index is 11.5. The third-order valence-electron chi connectivity index (χ3n) is 4.49. The van der Waals surface area contributed by atoms with E-state index >= 15 is 0 Å². The molecule has 0 aromatic heterocycles. The fraction of sp³-hybridized carbons (Fsp3) is 0.923. The van der Waals surface area contributed by atoms with Gasteiger partial charge in [-0.3, -0.25) is 4.99 Å². The highest BCUT2D eigenvalue weighted by atomic mass is 127. The van der Waals surface area contributed by atoms with Crippen molar-refractivity contribution in [1.82, 2.24) is 10.2 Å². The number of nitrogens with one attached hydrogen (secondary N) is 1. The Kier molecular flexibility index (Phi) is 6.79. The van der Waals surface area contributed by atoms with E-state index in [1.54, 1.807) is 14.0 Å². The fourth-order valence-electron chi connectivity index (χ4n) is 2.16. The van der Waals surface area contributed by atoms with Crippen molar-refractivity contribution in [2.45, 2.75) is 40.2 Å². The second kappa shape index (κ2) is 6.81. The summed E-state index contributed by atoms with van der Waals surface area (Å²) in [6.07, 6.45) is 0. The van der Waals surface area contributed by atoms with Crippen LogP contribution in [0.1, 0.15) is 34.6 Å². The van der Waals surface area contributed by atoms with Gasteiger partial charge in [0.1, 0.15) is 0 Å². The van der Waals surface area contributed by atoms with Crippen LogP contribution < -0.4 is 5.32 Å². The van der Waals surface area contributed by atoms with Crippen LogP contribution in [-0.4, -0.2) is 56.5 Å². The summed E-state index contributed by atoms with van der Waals surface area (Å²) >= 11 is 0. The van der Waals surface area contributed by atoms with Crippen LogP contribution in [0.3, 0.4) is 0 Å². The zero-order valence-corrected chi connectivity index (χ0v) is 16.5. The number of hydrogen-bond donors (Lipinski definition) is 1. The Bertz CT molecular complexity index is 458. The summed E-state index contributed by atoms with van der Waals surface area (Å²) in [5.41, 5.74) is 0.262. The monoisotopic (exact) mass is 417 g/mol. The van der Waals surface area contributed by atoms with Gasteiger partial charge in [-0.2, -0.15) is 0 Å². The lowest BCUT2D eigenvalue weighted by molar-refractivity contribution is -0.0666. The molecule has 0 bridgehead atoms. The molecule has 120 valence electrons. The zero-order valence-electron chi connectivity index (χ0n) is 13.4. The molecule has 7 heteroatoms. The van der Waals surface area contributed by atoms with Crippen LogP contribution >= 0.6 is 24.0 Å². The van der Waals surface area contributed by atoms with Gasteiger partial charge in [0.2, 0.25) is 0 Å². The molecule has 5 nitrogen and oxygen atoms in total. The van der Waals surface area contributed by atoms with Gasteiger partial charge in [0.25, 0.3) is 0 Å². The number of sulfone groups is 1. The Morgan fingerprint density at radius 2 is 1.85 bits per heavy atom. The van der Waals surface area contributed by atoms with Crippen LogP contribution in [0.15, 0.2) is 4.99 Å². The molecule has 0 radical (unpaired) electrons. The molecule has 0 unspecified atom stereocenters. The number of hydrogen-bond acceptors (Lipinski definition) is 3. The van der Waals surface area contributed by atoms with E-state index in [1.165, 1.54) is 0 Å². The molecule has 1 aliphatic heterocycles. The highest BCUT2D eigenvalue weighted by Crippen LogP contribution is 2.46. The Morgan fingerprint density at radius 1 is 1.30 bits per heavy atom. The molecule has 0 atom stereocenters. The number of halogens is 1. The van der Waals surface area contributed by atoms with E-state index < -0.39 is 9.84 Å². The number of aliphatic imine (C=N–C) groups is 1. The molecule has 1 saturated heterocycles. The van der Waals surface area contributed by atoms with E-state index in [2.05, 4.69) is 42.9 Å². The minimum Gasteiger partial charge on any atom is -0.355 e. The molecular formula is C13H28IN3O2S. The van der Waals surface area contributed by atoms with Crippen molar-refractivity contribution in [2.24, 2.45) is 10.4 Å². The number of nitrogens with zero attached hydrogens (tertiary/aromatic N) is 2. The minimum absolute atomic E-state index is 0. The molecule has 20 heavy (non-hydrogen) atoms. The number of likely N-dealkylation sites (tertiary alicyclic amines) is 1. The molecular weight excluding hydrogens is 389 g/mol. The minimum atomic E-state index is -2.93. The Balaban J connectivity index is 0.00000361. The first kappa shape index (κ1) is 19.9. The molecule has 1 rings (SSSR count). The van der Waals surface area contributed by atoms with Gasteiger partial charge in [0.05, 0.1) is 5.75 Å². The quantitative estimate of drug-likeness (QED) is 0.430. The molecule has 1 fully saturated rings. The first-order valence-corrected chi connectivity index (χ1v) is 8.58. The van der Waals surface area contributed by atoms with Crippen LogP contribution in [0.25, 0.3) is 0 Å². The van der Waals surface area contributed by atoms with Crippen LogP contribution in [0.2, 0.25) is 0 Å². The van der Waals surface area contributed by atoms with Crippen LogP contribution in [0.5, 0.6) is 0 Å². The van der Waals surface area contributed by atoms with E-state index in [9.17, 15) is 8.42 Å². The van der Waals surface area contributed by atoms with E-state index in [-0.39, 0.29) is 46.4 Å². The van der Waals surface area contributed by atoms with Crippen molar-refractivity contribution in [3.8, 4) is 0 Å². The maximum Gasteiger partial charge on any atom is 0.194 e. The Morgan fingerprint density at radius 3 is 2.20 bits per heavy atom. The molecule has 0 amide bonds. The van der Waals surface area contributed by atoms with Crippen molar-refractivity contribution in [2.75, 3.05) is 31.6 Å². The molecule has 0 aliphatic carbocycles. The highest BCUT2D eigenvalue weighted by molar-refractivity contribution is 14.0. The van der Waals surface area contributed by atoms with Crippen LogP contribution in [0, 0.1) is 5.41 Å². The number of rotatable bonds is 4. The topological polar surface area (TPSA) is 61.8 Å². The molecule has 0 saturated carbocycles. The molecule has 1 N–H and O–H groups in total. The van der Waals surface area contributed by atoms with E-state index in [0.717, 1.165) is 12.5 Å². The smallest absolute Gasteiger partial charge is 0.194 e. The summed E-state index contributed by atoms with van der Waals surface area (Å²) in [6.45, 7) is 11.9. The lowest BCUT2D eigenvalue weighted by Gasteiger charge is -2.62. The first-order chi connectivity index (χ1) is 8.57. The van der Waals surface area contributed by atoms with Crippen LogP contribution in [-0.2, 0) is 9.84 Å². The summed E-state index contributed by atoms with van der Waals surface area (Å²) in [4.78, 5) is 6.45. The van der Waals surface area contributed by atoms with Gasteiger partial charge in [0, 0.05) is 36.8 Å². The third-order valence-corrected chi connectivity index (χ3v) is 6.19. The summed E-state index contributed by atoms with van der Waals surface area (Å²) < 4.78 is 22.9. The SMILES string of the molecule is CCS(=O)(=O)CCNC(=NC)N1CC(C)(C)C1(C)C.I. The van der Waals surface area contributed by atoms with Gasteiger partial charge in [0.15, 0.2) is 15.8 Å². The average molecular weight is 417 g/mol. The number of guanidine groups is 1. The van der Waals surface area contributed by atoms with Crippen molar-refractivity contribution in [1.29, 1.82) is 0 Å². The van der Waals surface area contributed by atoms with Gasteiger partial charge in [-0.25, -0.2) is 8.42 Å². The molecule has 1 heterocycles. The lowest BCUT2D eigenvalue weighted by atomic mass is 9.65. The molecule has 1 aliphatic rings. The Labute approximate surface area is 140 Å². The second-order valence-corrected chi connectivity index (χ2v) is 8.71. The lowest BCUT2D eigenvalue weighted by Crippen LogP contribution is -2.72. The van der Waals surface area contributed by atoms with Crippen molar-refractivity contribution in [3.05, 3.63) is 0 Å². The van der Waals surface area contributed by atoms with Gasteiger partial charge in [-0.15, -0.1) is 24.0 Å². The van der Waals surface area contributed by atoms with E-state index in [0.29, 0.717) is 6.54 Å². The fourth-order valence-corrected chi connectivity index (χ4v) is 2.86. The predicted molar refractivity (Wildman–Crippen MR) is 95.7 cm³/mol. The van der Waals surface area contributed by atoms with E-state index in [1.807, 2.05) is 0 Å². The molecule has 0 spiro atoms. The Hall–Kier alpha value is -0.0500. The normalized spacial score (nSPS) is 20.9. The largest absolute Gasteiger partial charge is 0.355 e. The van der Waals surface area contributed by atoms with Gasteiger partial charge >= 0.3 is 0 Å². The molecule has 0 aromatic rings. The average Bonchev–Trinajstić information content (AvgIpc) is 2.32. The van der Waals surface area contributed by atoms with Crippen LogP contribution in [0.4, 0.5) is 0 Å².